The first-order valence-corrected chi connectivity index (χ1v) is 5.89. The number of aromatic nitrogens is 2. The molecular weight excluding hydrogens is 284 g/mol. The number of rotatable bonds is 2. The van der Waals surface area contributed by atoms with Gasteiger partial charge in [0.25, 0.3) is 5.91 Å². The van der Waals surface area contributed by atoms with E-state index >= 15 is 0 Å². The van der Waals surface area contributed by atoms with Gasteiger partial charge in [-0.3, -0.25) is 9.89 Å². The Labute approximate surface area is 106 Å². The molecule has 2 aromatic rings. The molecule has 1 amide bonds. The van der Waals surface area contributed by atoms with Gasteiger partial charge < -0.3 is 10.6 Å². The summed E-state index contributed by atoms with van der Waals surface area (Å²) in [5, 5.41) is 12.5. The molecule has 1 aromatic carbocycles. The van der Waals surface area contributed by atoms with E-state index in [2.05, 4.69) is 36.8 Å². The molecule has 86 valence electrons. The predicted molar refractivity (Wildman–Crippen MR) is 67.7 cm³/mol. The second kappa shape index (κ2) is 3.89. The fourth-order valence-electron chi connectivity index (χ4n) is 1.91. The van der Waals surface area contributed by atoms with Crippen molar-refractivity contribution in [1.29, 1.82) is 0 Å². The highest BCUT2D eigenvalue weighted by Crippen LogP contribution is 2.37. The van der Waals surface area contributed by atoms with Crippen LogP contribution in [0.2, 0.25) is 0 Å². The minimum Gasteiger partial charge on any atom is -0.367 e. The molecule has 0 saturated heterocycles. The Morgan fingerprint density at radius 2 is 2.29 bits per heavy atom. The quantitative estimate of drug-likeness (QED) is 0.795. The second-order valence-electron chi connectivity index (χ2n) is 3.75. The van der Waals surface area contributed by atoms with Gasteiger partial charge in [0, 0.05) is 21.9 Å². The number of hydrogen-bond acceptors (Lipinski definition) is 3. The van der Waals surface area contributed by atoms with Gasteiger partial charge in [-0.15, -0.1) is 0 Å². The van der Waals surface area contributed by atoms with Crippen LogP contribution in [0.15, 0.2) is 35.1 Å². The molecule has 1 atom stereocenters. The van der Waals surface area contributed by atoms with Crippen LogP contribution in [0.4, 0.5) is 11.4 Å². The number of aromatic amines is 1. The number of carbonyl (C=O) groups is 1. The zero-order valence-corrected chi connectivity index (χ0v) is 10.3. The number of benzene rings is 1. The number of fused-ring (bicyclic) bond motifs is 1. The first-order valence-electron chi connectivity index (χ1n) is 5.10. The minimum atomic E-state index is -0.391. The Kier molecular flexibility index (Phi) is 2.36. The molecule has 0 bridgehead atoms. The molecule has 1 aliphatic heterocycles. The molecule has 5 nitrogen and oxygen atoms in total. The second-order valence-corrected chi connectivity index (χ2v) is 4.61. The zero-order chi connectivity index (χ0) is 11.8. The monoisotopic (exact) mass is 292 g/mol. The highest BCUT2D eigenvalue weighted by Gasteiger charge is 2.32. The zero-order valence-electron chi connectivity index (χ0n) is 8.70. The SMILES string of the molecule is O=C1Nc2cccc(Br)c2C1Nc1cn[nH]c1. The van der Waals surface area contributed by atoms with Crippen molar-refractivity contribution in [2.24, 2.45) is 0 Å². The lowest BCUT2D eigenvalue weighted by molar-refractivity contribution is -0.116. The third-order valence-corrected chi connectivity index (χ3v) is 3.36. The molecule has 0 saturated carbocycles. The van der Waals surface area contributed by atoms with Crippen molar-refractivity contribution >= 4 is 33.2 Å². The van der Waals surface area contributed by atoms with Crippen LogP contribution in [0, 0.1) is 0 Å². The van der Waals surface area contributed by atoms with Gasteiger partial charge in [0.1, 0.15) is 6.04 Å². The van der Waals surface area contributed by atoms with Gasteiger partial charge in [0.15, 0.2) is 0 Å². The molecule has 1 unspecified atom stereocenters. The van der Waals surface area contributed by atoms with Crippen LogP contribution in [0.1, 0.15) is 11.6 Å². The summed E-state index contributed by atoms with van der Waals surface area (Å²) < 4.78 is 0.911. The predicted octanol–water partition coefficient (Wildman–Crippen LogP) is 2.28. The standard InChI is InChI=1S/C11H9BrN4O/c12-7-2-1-3-8-9(7)10(11(17)16-8)15-6-4-13-14-5-6/h1-5,10,15H,(H,13,14)(H,16,17). The number of hydrogen-bond donors (Lipinski definition) is 3. The van der Waals surface area contributed by atoms with Crippen LogP contribution in [-0.2, 0) is 4.79 Å². The maximum Gasteiger partial charge on any atom is 0.251 e. The Bertz CT molecular complexity index is 567. The number of amides is 1. The van der Waals surface area contributed by atoms with E-state index in [9.17, 15) is 4.79 Å². The van der Waals surface area contributed by atoms with Crippen molar-refractivity contribution in [2.75, 3.05) is 10.6 Å². The van der Waals surface area contributed by atoms with Crippen LogP contribution in [-0.4, -0.2) is 16.1 Å². The maximum absolute atomic E-state index is 11.9. The van der Waals surface area contributed by atoms with Crippen molar-refractivity contribution in [3.05, 3.63) is 40.6 Å². The van der Waals surface area contributed by atoms with Gasteiger partial charge in [0.2, 0.25) is 0 Å². The molecule has 3 N–H and O–H groups in total. The number of halogens is 1. The van der Waals surface area contributed by atoms with Gasteiger partial charge >= 0.3 is 0 Å². The number of anilines is 2. The lowest BCUT2D eigenvalue weighted by Crippen LogP contribution is -2.19. The minimum absolute atomic E-state index is 0.0619. The van der Waals surface area contributed by atoms with Crippen molar-refractivity contribution < 1.29 is 4.79 Å². The molecule has 1 aromatic heterocycles. The third-order valence-electron chi connectivity index (χ3n) is 2.67. The molecule has 0 spiro atoms. The average Bonchev–Trinajstić information content (AvgIpc) is 2.89. The Hall–Kier alpha value is -1.82. The molecule has 17 heavy (non-hydrogen) atoms. The molecule has 6 heteroatoms. The maximum atomic E-state index is 11.9. The fourth-order valence-corrected chi connectivity index (χ4v) is 2.50. The number of H-pyrrole nitrogens is 1. The van der Waals surface area contributed by atoms with Crippen molar-refractivity contribution in [3.8, 4) is 0 Å². The van der Waals surface area contributed by atoms with Crippen molar-refractivity contribution in [3.63, 3.8) is 0 Å². The molecule has 2 heterocycles. The smallest absolute Gasteiger partial charge is 0.251 e. The van der Waals surface area contributed by atoms with Gasteiger partial charge in [-0.1, -0.05) is 22.0 Å². The summed E-state index contributed by atoms with van der Waals surface area (Å²) in [6.07, 6.45) is 3.35. The van der Waals surface area contributed by atoms with E-state index in [1.165, 1.54) is 0 Å². The normalized spacial score (nSPS) is 17.7. The first-order chi connectivity index (χ1) is 8.25. The van der Waals surface area contributed by atoms with E-state index in [4.69, 9.17) is 0 Å². The van der Waals surface area contributed by atoms with Gasteiger partial charge in [-0.2, -0.15) is 5.10 Å². The number of carbonyl (C=O) groups excluding carboxylic acids is 1. The van der Waals surface area contributed by atoms with Crippen molar-refractivity contribution in [2.45, 2.75) is 6.04 Å². The van der Waals surface area contributed by atoms with Crippen LogP contribution in [0.25, 0.3) is 0 Å². The summed E-state index contributed by atoms with van der Waals surface area (Å²) in [5.74, 6) is -0.0619. The summed E-state index contributed by atoms with van der Waals surface area (Å²) in [4.78, 5) is 11.9. The third kappa shape index (κ3) is 1.70. The number of nitrogens with zero attached hydrogens (tertiary/aromatic N) is 1. The summed E-state index contributed by atoms with van der Waals surface area (Å²) in [7, 11) is 0. The van der Waals surface area contributed by atoms with E-state index in [0.717, 1.165) is 21.4 Å². The van der Waals surface area contributed by atoms with Gasteiger partial charge in [-0.25, -0.2) is 0 Å². The molecule has 0 aliphatic carbocycles. The van der Waals surface area contributed by atoms with E-state index in [1.807, 2.05) is 18.2 Å². The van der Waals surface area contributed by atoms with Crippen LogP contribution < -0.4 is 10.6 Å². The Morgan fingerprint density at radius 3 is 3.06 bits per heavy atom. The lowest BCUT2D eigenvalue weighted by atomic mass is 10.1. The van der Waals surface area contributed by atoms with E-state index in [-0.39, 0.29) is 5.91 Å². The average molecular weight is 293 g/mol. The Morgan fingerprint density at radius 1 is 1.41 bits per heavy atom. The molecular formula is C11H9BrN4O. The highest BCUT2D eigenvalue weighted by atomic mass is 79.9. The van der Waals surface area contributed by atoms with Crippen molar-refractivity contribution in [1.82, 2.24) is 10.2 Å². The fraction of sp³-hybridized carbons (Fsp3) is 0.0909. The van der Waals surface area contributed by atoms with Gasteiger partial charge in [-0.05, 0) is 12.1 Å². The first kappa shape index (κ1) is 10.3. The summed E-state index contributed by atoms with van der Waals surface area (Å²) >= 11 is 3.46. The largest absolute Gasteiger partial charge is 0.367 e. The molecule has 1 aliphatic rings. The van der Waals surface area contributed by atoms with Gasteiger partial charge in [0.05, 0.1) is 11.9 Å². The Balaban J connectivity index is 1.99. The van der Waals surface area contributed by atoms with E-state index < -0.39 is 6.04 Å². The van der Waals surface area contributed by atoms with Crippen LogP contribution in [0.3, 0.4) is 0 Å². The van der Waals surface area contributed by atoms with Crippen LogP contribution in [0.5, 0.6) is 0 Å². The van der Waals surface area contributed by atoms with E-state index in [1.54, 1.807) is 12.4 Å². The summed E-state index contributed by atoms with van der Waals surface area (Å²) in [6.45, 7) is 0. The lowest BCUT2D eigenvalue weighted by Gasteiger charge is -2.12. The number of nitrogens with one attached hydrogen (secondary N) is 3. The summed E-state index contributed by atoms with van der Waals surface area (Å²) in [5.41, 5.74) is 2.55. The molecule has 3 rings (SSSR count). The molecule has 0 fully saturated rings. The van der Waals surface area contributed by atoms with Crippen LogP contribution >= 0.6 is 15.9 Å². The van der Waals surface area contributed by atoms with E-state index in [0.29, 0.717) is 0 Å². The highest BCUT2D eigenvalue weighted by molar-refractivity contribution is 9.10. The molecule has 0 radical (unpaired) electrons. The summed E-state index contributed by atoms with van der Waals surface area (Å²) in [6, 6.07) is 5.31. The topological polar surface area (TPSA) is 69.8 Å².